The van der Waals surface area contributed by atoms with Crippen molar-refractivity contribution >= 4 is 16.8 Å². The number of likely N-dealkylation sites (tertiary alicyclic amines) is 1. The monoisotopic (exact) mass is 465 g/mol. The summed E-state index contributed by atoms with van der Waals surface area (Å²) >= 11 is 0. The zero-order chi connectivity index (χ0) is 23.9. The molecule has 1 fully saturated rings. The first-order valence-electron chi connectivity index (χ1n) is 11.5. The fourth-order valence-electron chi connectivity index (χ4n) is 5.62. The Kier molecular flexibility index (Phi) is 5.97. The van der Waals surface area contributed by atoms with E-state index in [1.54, 1.807) is 21.3 Å². The predicted molar refractivity (Wildman–Crippen MR) is 128 cm³/mol. The van der Waals surface area contributed by atoms with Crippen LogP contribution in [0.3, 0.4) is 0 Å². The molecule has 1 atom stereocenters. The molecular formula is C26H31N3O5. The molecule has 2 aliphatic heterocycles. The molecule has 2 N–H and O–H groups in total. The number of nitrogens with one attached hydrogen (secondary N) is 1. The number of carbonyl (C=O) groups excluding carboxylic acids is 1. The zero-order valence-corrected chi connectivity index (χ0v) is 19.8. The number of aliphatic hydroxyl groups excluding tert-OH is 1. The number of amides is 1. The Morgan fingerprint density at radius 2 is 1.85 bits per heavy atom. The maximum atomic E-state index is 12.5. The number of aliphatic hydroxyl groups is 1. The summed E-state index contributed by atoms with van der Waals surface area (Å²) in [6.07, 6.45) is 0. The molecule has 1 amide bonds. The van der Waals surface area contributed by atoms with Crippen LogP contribution in [0.1, 0.15) is 22.9 Å². The molecule has 5 rings (SSSR count). The van der Waals surface area contributed by atoms with E-state index in [0.29, 0.717) is 19.6 Å². The summed E-state index contributed by atoms with van der Waals surface area (Å²) in [6.45, 7) is 2.71. The molecule has 1 saturated heterocycles. The second-order valence-electron chi connectivity index (χ2n) is 9.24. The largest absolute Gasteiger partial charge is 0.497 e. The highest BCUT2D eigenvalue weighted by Gasteiger charge is 2.53. The molecule has 8 nitrogen and oxygen atoms in total. The second kappa shape index (κ2) is 8.94. The highest BCUT2D eigenvalue weighted by Crippen LogP contribution is 2.49. The molecule has 34 heavy (non-hydrogen) atoms. The summed E-state index contributed by atoms with van der Waals surface area (Å²) in [5, 5.41) is 11.6. The van der Waals surface area contributed by atoms with Crippen molar-refractivity contribution < 1.29 is 24.1 Å². The summed E-state index contributed by atoms with van der Waals surface area (Å²) in [7, 11) is 4.86. The van der Waals surface area contributed by atoms with Crippen LogP contribution in [-0.4, -0.2) is 80.0 Å². The Morgan fingerprint density at radius 1 is 1.09 bits per heavy atom. The third kappa shape index (κ3) is 3.72. The van der Waals surface area contributed by atoms with Gasteiger partial charge in [0.15, 0.2) is 0 Å². The van der Waals surface area contributed by atoms with Gasteiger partial charge in [-0.15, -0.1) is 0 Å². The van der Waals surface area contributed by atoms with Crippen molar-refractivity contribution in [2.45, 2.75) is 18.0 Å². The molecular weight excluding hydrogens is 434 g/mol. The lowest BCUT2D eigenvalue weighted by Gasteiger charge is -2.56. The lowest BCUT2D eigenvalue weighted by atomic mass is 9.68. The Bertz CT molecular complexity index is 1200. The van der Waals surface area contributed by atoms with Gasteiger partial charge in [0.25, 0.3) is 0 Å². The first kappa shape index (κ1) is 22.7. The number of H-pyrrole nitrogens is 1. The van der Waals surface area contributed by atoms with Crippen molar-refractivity contribution in [2.24, 2.45) is 0 Å². The predicted octanol–water partition coefficient (Wildman–Crippen LogP) is 2.46. The first-order chi connectivity index (χ1) is 16.5. The summed E-state index contributed by atoms with van der Waals surface area (Å²) in [6, 6.07) is 13.9. The molecule has 0 radical (unpaired) electrons. The van der Waals surface area contributed by atoms with E-state index in [9.17, 15) is 9.90 Å². The van der Waals surface area contributed by atoms with Crippen LogP contribution in [0.5, 0.6) is 11.5 Å². The van der Waals surface area contributed by atoms with E-state index in [2.05, 4.69) is 22.0 Å². The van der Waals surface area contributed by atoms with Gasteiger partial charge in [0, 0.05) is 61.4 Å². The molecule has 1 aromatic heterocycles. The van der Waals surface area contributed by atoms with Crippen molar-refractivity contribution in [1.29, 1.82) is 0 Å². The Labute approximate surface area is 199 Å². The number of aromatic nitrogens is 1. The van der Waals surface area contributed by atoms with Gasteiger partial charge >= 0.3 is 0 Å². The number of rotatable bonds is 7. The Hall–Kier alpha value is -3.07. The number of nitrogens with zero attached hydrogens (tertiary/aromatic N) is 2. The number of fused-ring (bicyclic) bond motifs is 4. The minimum absolute atomic E-state index is 0.000173. The maximum absolute atomic E-state index is 12.5. The fourth-order valence-corrected chi connectivity index (χ4v) is 5.62. The van der Waals surface area contributed by atoms with Crippen LogP contribution in [0.15, 0.2) is 42.5 Å². The Morgan fingerprint density at radius 3 is 2.56 bits per heavy atom. The number of aromatic amines is 1. The summed E-state index contributed by atoms with van der Waals surface area (Å²) < 4.78 is 15.9. The number of ether oxygens (including phenoxy) is 3. The number of hydrogen-bond acceptors (Lipinski definition) is 6. The number of carbonyl (C=O) groups is 1. The lowest BCUT2D eigenvalue weighted by Crippen LogP contribution is -2.67. The minimum atomic E-state index is -0.226. The van der Waals surface area contributed by atoms with E-state index in [4.69, 9.17) is 14.2 Å². The van der Waals surface area contributed by atoms with Crippen LogP contribution in [0.25, 0.3) is 10.9 Å². The standard InChI is InChI=1S/C26H31N3O5/c1-32-13-23(31)29-15-26(16-29)14-28(11-17-5-4-6-18(9-17)33-2)22(12-30)25-24(26)20-8-7-19(34-3)10-21(20)27-25/h4-10,22,27,30H,11-16H2,1-3H3/t22-/m0/s1. The topological polar surface area (TPSA) is 87.3 Å². The van der Waals surface area contributed by atoms with Gasteiger partial charge in [-0.1, -0.05) is 12.1 Å². The highest BCUT2D eigenvalue weighted by molar-refractivity contribution is 5.89. The van der Waals surface area contributed by atoms with E-state index in [1.165, 1.54) is 5.56 Å². The van der Waals surface area contributed by atoms with Crippen LogP contribution in [0.2, 0.25) is 0 Å². The molecule has 3 heterocycles. The maximum Gasteiger partial charge on any atom is 0.248 e. The molecule has 8 heteroatoms. The molecule has 0 aliphatic carbocycles. The molecule has 0 bridgehead atoms. The fraction of sp³-hybridized carbons (Fsp3) is 0.423. The molecule has 0 saturated carbocycles. The van der Waals surface area contributed by atoms with Crippen LogP contribution in [0, 0.1) is 0 Å². The summed E-state index contributed by atoms with van der Waals surface area (Å²) in [5.74, 6) is 1.59. The smallest absolute Gasteiger partial charge is 0.248 e. The normalized spacial score (nSPS) is 19.2. The molecule has 3 aromatic rings. The van der Waals surface area contributed by atoms with E-state index >= 15 is 0 Å². The quantitative estimate of drug-likeness (QED) is 0.558. The number of benzene rings is 2. The van der Waals surface area contributed by atoms with Crippen LogP contribution in [-0.2, 0) is 21.5 Å². The van der Waals surface area contributed by atoms with E-state index in [-0.39, 0.29) is 30.6 Å². The average molecular weight is 466 g/mol. The van der Waals surface area contributed by atoms with Gasteiger partial charge in [-0.25, -0.2) is 0 Å². The minimum Gasteiger partial charge on any atom is -0.497 e. The van der Waals surface area contributed by atoms with E-state index < -0.39 is 0 Å². The SMILES string of the molecule is COCC(=O)N1CC2(C1)CN(Cc1cccc(OC)c1)[C@@H](CO)c1[nH]c3cc(OC)ccc3c12. The van der Waals surface area contributed by atoms with Gasteiger partial charge in [0.1, 0.15) is 18.1 Å². The highest BCUT2D eigenvalue weighted by atomic mass is 16.5. The molecule has 2 aromatic carbocycles. The van der Waals surface area contributed by atoms with Gasteiger partial charge in [-0.05, 0) is 35.4 Å². The first-order valence-corrected chi connectivity index (χ1v) is 11.5. The van der Waals surface area contributed by atoms with Gasteiger partial charge in [-0.2, -0.15) is 0 Å². The van der Waals surface area contributed by atoms with Crippen molar-refractivity contribution in [3.05, 3.63) is 59.3 Å². The number of methoxy groups -OCH3 is 3. The number of hydrogen-bond donors (Lipinski definition) is 2. The van der Waals surface area contributed by atoms with Gasteiger partial charge < -0.3 is 29.2 Å². The van der Waals surface area contributed by atoms with Gasteiger partial charge in [-0.3, -0.25) is 9.69 Å². The van der Waals surface area contributed by atoms with E-state index in [1.807, 2.05) is 35.2 Å². The van der Waals surface area contributed by atoms with E-state index in [0.717, 1.165) is 40.2 Å². The zero-order valence-electron chi connectivity index (χ0n) is 19.8. The third-order valence-electron chi connectivity index (χ3n) is 7.15. The van der Waals surface area contributed by atoms with Crippen molar-refractivity contribution in [2.75, 3.05) is 54.2 Å². The van der Waals surface area contributed by atoms with Crippen LogP contribution >= 0.6 is 0 Å². The molecule has 1 spiro atoms. The third-order valence-corrected chi connectivity index (χ3v) is 7.15. The average Bonchev–Trinajstić information content (AvgIpc) is 3.21. The van der Waals surface area contributed by atoms with Gasteiger partial charge in [0.05, 0.1) is 26.9 Å². The summed E-state index contributed by atoms with van der Waals surface area (Å²) in [4.78, 5) is 20.3. The molecule has 0 unspecified atom stereocenters. The van der Waals surface area contributed by atoms with Crippen molar-refractivity contribution in [3.63, 3.8) is 0 Å². The second-order valence-corrected chi connectivity index (χ2v) is 9.24. The molecule has 2 aliphatic rings. The molecule has 180 valence electrons. The Balaban J connectivity index is 1.56. The van der Waals surface area contributed by atoms with Crippen molar-refractivity contribution in [3.8, 4) is 11.5 Å². The summed E-state index contributed by atoms with van der Waals surface area (Å²) in [5.41, 5.74) is 4.08. The van der Waals surface area contributed by atoms with Crippen molar-refractivity contribution in [1.82, 2.24) is 14.8 Å². The van der Waals surface area contributed by atoms with Crippen LogP contribution in [0.4, 0.5) is 0 Å². The van der Waals surface area contributed by atoms with Crippen LogP contribution < -0.4 is 9.47 Å². The lowest BCUT2D eigenvalue weighted by molar-refractivity contribution is -0.144. The van der Waals surface area contributed by atoms with Gasteiger partial charge in [0.2, 0.25) is 5.91 Å².